The molecule has 108 valence electrons. The van der Waals surface area contributed by atoms with Gasteiger partial charge in [0, 0.05) is 25.0 Å². The molecule has 1 aliphatic rings. The predicted molar refractivity (Wildman–Crippen MR) is 82.3 cm³/mol. The topological polar surface area (TPSA) is 17.0 Å². The van der Waals surface area contributed by atoms with E-state index in [9.17, 15) is 0 Å². The Morgan fingerprint density at radius 3 is 2.74 bits per heavy atom. The van der Waals surface area contributed by atoms with E-state index >= 15 is 0 Å². The van der Waals surface area contributed by atoms with Crippen LogP contribution in [0, 0.1) is 11.8 Å². The van der Waals surface area contributed by atoms with Crippen LogP contribution < -0.4 is 5.32 Å². The third-order valence-electron chi connectivity index (χ3n) is 4.14. The maximum atomic E-state index is 3.73. The van der Waals surface area contributed by atoms with Gasteiger partial charge in [0.05, 0.1) is 0 Å². The van der Waals surface area contributed by atoms with Crippen molar-refractivity contribution in [2.75, 3.05) is 6.54 Å². The average molecular weight is 262 g/mol. The summed E-state index contributed by atoms with van der Waals surface area (Å²) >= 11 is 0. The van der Waals surface area contributed by atoms with Gasteiger partial charge in [-0.1, -0.05) is 27.2 Å². The van der Waals surface area contributed by atoms with Crippen LogP contribution >= 0.6 is 0 Å². The summed E-state index contributed by atoms with van der Waals surface area (Å²) in [5, 5.41) is 3.73. The quantitative estimate of drug-likeness (QED) is 0.699. The molecule has 2 nitrogen and oxygen atoms in total. The molecule has 1 fully saturated rings. The number of hydrogen-bond donors (Lipinski definition) is 1. The van der Waals surface area contributed by atoms with Gasteiger partial charge in [0.25, 0.3) is 0 Å². The van der Waals surface area contributed by atoms with Crippen molar-refractivity contribution in [1.29, 1.82) is 0 Å². The summed E-state index contributed by atoms with van der Waals surface area (Å²) in [7, 11) is 0. The Morgan fingerprint density at radius 1 is 1.32 bits per heavy atom. The van der Waals surface area contributed by atoms with Gasteiger partial charge in [-0.05, 0) is 55.7 Å². The Morgan fingerprint density at radius 2 is 2.11 bits per heavy atom. The minimum absolute atomic E-state index is 0.600. The smallest absolute Gasteiger partial charge is 0.0363 e. The van der Waals surface area contributed by atoms with Crippen molar-refractivity contribution in [3.63, 3.8) is 0 Å². The summed E-state index contributed by atoms with van der Waals surface area (Å²) in [6, 6.07) is 2.92. The van der Waals surface area contributed by atoms with Gasteiger partial charge >= 0.3 is 0 Å². The van der Waals surface area contributed by atoms with Gasteiger partial charge in [-0.3, -0.25) is 0 Å². The first-order valence-corrected chi connectivity index (χ1v) is 8.13. The lowest BCUT2D eigenvalue weighted by Crippen LogP contribution is -2.23. The third kappa shape index (κ3) is 4.38. The lowest BCUT2D eigenvalue weighted by atomic mass is 10.1. The molecule has 0 radical (unpaired) electrons. The molecule has 0 aliphatic heterocycles. The lowest BCUT2D eigenvalue weighted by Gasteiger charge is -2.17. The SMILES string of the molecule is CCCNC(c1ccn(CC(C)CCC)c1)C1CC1. The second-order valence-corrected chi connectivity index (χ2v) is 6.30. The molecule has 2 rings (SSSR count). The summed E-state index contributed by atoms with van der Waals surface area (Å²) in [4.78, 5) is 0. The fourth-order valence-corrected chi connectivity index (χ4v) is 2.99. The average Bonchev–Trinajstić information content (AvgIpc) is 3.11. The Labute approximate surface area is 118 Å². The molecule has 0 amide bonds. The fraction of sp³-hybridized carbons (Fsp3) is 0.765. The van der Waals surface area contributed by atoms with Crippen LogP contribution in [0.1, 0.15) is 64.5 Å². The maximum absolute atomic E-state index is 3.73. The zero-order valence-electron chi connectivity index (χ0n) is 12.9. The molecule has 0 spiro atoms. The van der Waals surface area contributed by atoms with Crippen molar-refractivity contribution in [2.45, 2.75) is 65.5 Å². The first-order valence-electron chi connectivity index (χ1n) is 8.13. The van der Waals surface area contributed by atoms with Crippen LogP contribution in [0.5, 0.6) is 0 Å². The van der Waals surface area contributed by atoms with Gasteiger partial charge in [-0.15, -0.1) is 0 Å². The predicted octanol–water partition coefficient (Wildman–Crippen LogP) is 4.38. The highest BCUT2D eigenvalue weighted by molar-refractivity contribution is 5.18. The summed E-state index contributed by atoms with van der Waals surface area (Å²) in [5.74, 6) is 1.67. The third-order valence-corrected chi connectivity index (χ3v) is 4.14. The molecule has 1 aromatic heterocycles. The second kappa shape index (κ2) is 7.14. The zero-order chi connectivity index (χ0) is 13.7. The Balaban J connectivity index is 1.93. The molecule has 0 saturated heterocycles. The second-order valence-electron chi connectivity index (χ2n) is 6.30. The van der Waals surface area contributed by atoms with Gasteiger partial charge in [-0.2, -0.15) is 0 Å². The molecule has 0 aromatic carbocycles. The summed E-state index contributed by atoms with van der Waals surface area (Å²) in [5.41, 5.74) is 1.50. The molecule has 1 aliphatic carbocycles. The molecular weight excluding hydrogens is 232 g/mol. The molecule has 1 N–H and O–H groups in total. The van der Waals surface area contributed by atoms with Crippen molar-refractivity contribution in [3.05, 3.63) is 24.0 Å². The van der Waals surface area contributed by atoms with Crippen molar-refractivity contribution in [1.82, 2.24) is 9.88 Å². The van der Waals surface area contributed by atoms with E-state index in [0.717, 1.165) is 18.4 Å². The van der Waals surface area contributed by atoms with Crippen LogP contribution in [0.4, 0.5) is 0 Å². The Hall–Kier alpha value is -0.760. The number of rotatable bonds is 9. The highest BCUT2D eigenvalue weighted by atomic mass is 15.0. The highest BCUT2D eigenvalue weighted by Crippen LogP contribution is 2.41. The van der Waals surface area contributed by atoms with Crippen molar-refractivity contribution < 1.29 is 0 Å². The number of hydrogen-bond acceptors (Lipinski definition) is 1. The molecule has 1 heterocycles. The summed E-state index contributed by atoms with van der Waals surface area (Å²) < 4.78 is 2.39. The van der Waals surface area contributed by atoms with Crippen LogP contribution in [0.25, 0.3) is 0 Å². The van der Waals surface area contributed by atoms with E-state index in [2.05, 4.69) is 49.1 Å². The van der Waals surface area contributed by atoms with Crippen LogP contribution in [0.3, 0.4) is 0 Å². The number of nitrogens with one attached hydrogen (secondary N) is 1. The van der Waals surface area contributed by atoms with Gasteiger partial charge < -0.3 is 9.88 Å². The highest BCUT2D eigenvalue weighted by Gasteiger charge is 2.32. The van der Waals surface area contributed by atoms with Crippen LogP contribution in [-0.4, -0.2) is 11.1 Å². The summed E-state index contributed by atoms with van der Waals surface area (Å²) in [6.45, 7) is 9.18. The number of aromatic nitrogens is 1. The van der Waals surface area contributed by atoms with E-state index in [1.54, 1.807) is 0 Å². The first-order chi connectivity index (χ1) is 9.24. The molecule has 0 bridgehead atoms. The van der Waals surface area contributed by atoms with Gasteiger partial charge in [-0.25, -0.2) is 0 Å². The Kier molecular flexibility index (Phi) is 5.50. The zero-order valence-corrected chi connectivity index (χ0v) is 12.9. The van der Waals surface area contributed by atoms with Crippen LogP contribution in [0.2, 0.25) is 0 Å². The molecule has 1 saturated carbocycles. The first kappa shape index (κ1) is 14.6. The fourth-order valence-electron chi connectivity index (χ4n) is 2.99. The molecule has 2 heteroatoms. The van der Waals surface area contributed by atoms with E-state index in [1.165, 1.54) is 44.2 Å². The van der Waals surface area contributed by atoms with E-state index in [0.29, 0.717) is 6.04 Å². The van der Waals surface area contributed by atoms with Gasteiger partial charge in [0.2, 0.25) is 0 Å². The van der Waals surface area contributed by atoms with E-state index < -0.39 is 0 Å². The van der Waals surface area contributed by atoms with Gasteiger partial charge in [0.1, 0.15) is 0 Å². The lowest BCUT2D eigenvalue weighted by molar-refractivity contribution is 0.443. The van der Waals surface area contributed by atoms with Gasteiger partial charge in [0.15, 0.2) is 0 Å². The molecular formula is C17H30N2. The molecule has 2 atom stereocenters. The van der Waals surface area contributed by atoms with E-state index in [4.69, 9.17) is 0 Å². The Bertz CT molecular complexity index is 365. The molecule has 1 aromatic rings. The van der Waals surface area contributed by atoms with Crippen LogP contribution in [0.15, 0.2) is 18.5 Å². The normalized spacial score (nSPS) is 18.5. The minimum Gasteiger partial charge on any atom is -0.354 e. The molecule has 19 heavy (non-hydrogen) atoms. The molecule has 2 unspecified atom stereocenters. The van der Waals surface area contributed by atoms with Crippen molar-refractivity contribution in [3.8, 4) is 0 Å². The van der Waals surface area contributed by atoms with Crippen molar-refractivity contribution >= 4 is 0 Å². The maximum Gasteiger partial charge on any atom is 0.0363 e. The minimum atomic E-state index is 0.600. The van der Waals surface area contributed by atoms with E-state index in [1.807, 2.05) is 0 Å². The van der Waals surface area contributed by atoms with E-state index in [-0.39, 0.29) is 0 Å². The largest absolute Gasteiger partial charge is 0.354 e. The van der Waals surface area contributed by atoms with Crippen LogP contribution in [-0.2, 0) is 6.54 Å². The standard InChI is InChI=1S/C17H30N2/c1-4-6-14(3)12-19-11-9-16(13-19)17(15-7-8-15)18-10-5-2/h9,11,13-15,17-18H,4-8,10,12H2,1-3H3. The summed E-state index contributed by atoms with van der Waals surface area (Å²) in [6.07, 6.45) is 11.3. The monoisotopic (exact) mass is 262 g/mol. The van der Waals surface area contributed by atoms with Crippen molar-refractivity contribution in [2.24, 2.45) is 11.8 Å². The number of nitrogens with zero attached hydrogens (tertiary/aromatic N) is 1.